The highest BCUT2D eigenvalue weighted by Crippen LogP contribution is 2.38. The fourth-order valence-electron chi connectivity index (χ4n) is 2.77. The first-order valence-corrected chi connectivity index (χ1v) is 11.5. The van der Waals surface area contributed by atoms with Gasteiger partial charge >= 0.3 is 0 Å². The summed E-state index contributed by atoms with van der Waals surface area (Å²) in [7, 11) is -1.88. The van der Waals surface area contributed by atoms with Gasteiger partial charge < -0.3 is 4.43 Å². The van der Waals surface area contributed by atoms with Crippen molar-refractivity contribution in [1.82, 2.24) is 14.6 Å². The summed E-state index contributed by atoms with van der Waals surface area (Å²) in [6, 6.07) is 2.33. The Hall–Kier alpha value is -1.42. The first-order valence-electron chi connectivity index (χ1n) is 8.24. The van der Waals surface area contributed by atoms with E-state index in [9.17, 15) is 5.26 Å². The maximum Gasteiger partial charge on any atom is 0.192 e. The summed E-state index contributed by atoms with van der Waals surface area (Å²) in [5.41, 5.74) is 3.61. The van der Waals surface area contributed by atoms with Crippen molar-refractivity contribution in [3.05, 3.63) is 28.2 Å². The number of halogens is 1. The van der Waals surface area contributed by atoms with Gasteiger partial charge in [0.25, 0.3) is 0 Å². The van der Waals surface area contributed by atoms with Gasteiger partial charge in [0.1, 0.15) is 0 Å². The molecule has 0 aliphatic heterocycles. The van der Waals surface area contributed by atoms with Gasteiger partial charge in [-0.05, 0) is 31.0 Å². The van der Waals surface area contributed by atoms with E-state index in [1.54, 1.807) is 10.7 Å². The highest BCUT2D eigenvalue weighted by molar-refractivity contribution is 6.74. The Balaban J connectivity index is 1.97. The maximum absolute atomic E-state index is 9.25. The molecule has 1 aliphatic carbocycles. The molecule has 0 bridgehead atoms. The molecule has 1 unspecified atom stereocenters. The van der Waals surface area contributed by atoms with Crippen LogP contribution in [0.2, 0.25) is 23.3 Å². The van der Waals surface area contributed by atoms with E-state index in [2.05, 4.69) is 50.0 Å². The van der Waals surface area contributed by atoms with E-state index in [0.29, 0.717) is 11.8 Å². The van der Waals surface area contributed by atoms with E-state index in [1.165, 1.54) is 0 Å². The van der Waals surface area contributed by atoms with Crippen LogP contribution >= 0.6 is 11.6 Å². The molecule has 0 spiro atoms. The van der Waals surface area contributed by atoms with Crippen LogP contribution in [0.3, 0.4) is 0 Å². The molecule has 24 heavy (non-hydrogen) atoms. The number of fused-ring (bicyclic) bond motifs is 3. The van der Waals surface area contributed by atoms with Crippen molar-refractivity contribution in [2.45, 2.75) is 64.3 Å². The number of nitriles is 1. The quantitative estimate of drug-likeness (QED) is 0.756. The van der Waals surface area contributed by atoms with Crippen LogP contribution < -0.4 is 0 Å². The van der Waals surface area contributed by atoms with Crippen molar-refractivity contribution in [1.29, 1.82) is 5.26 Å². The molecule has 0 amide bonds. The zero-order chi connectivity index (χ0) is 17.7. The fraction of sp³-hybridized carbons (Fsp3) is 0.588. The average Bonchev–Trinajstić information content (AvgIpc) is 3.03. The second-order valence-electron chi connectivity index (χ2n) is 7.93. The third-order valence-electron chi connectivity index (χ3n) is 5.41. The summed E-state index contributed by atoms with van der Waals surface area (Å²) in [6.45, 7) is 11.5. The van der Waals surface area contributed by atoms with Gasteiger partial charge in [0.05, 0.1) is 29.9 Å². The third-order valence-corrected chi connectivity index (χ3v) is 10.2. The molecule has 0 saturated heterocycles. The Morgan fingerprint density at radius 2 is 2.17 bits per heavy atom. The minimum absolute atomic E-state index is 0.0909. The lowest BCUT2D eigenvalue weighted by Gasteiger charge is -2.36. The number of rotatable bonds is 3. The molecule has 0 aromatic carbocycles. The topological polar surface area (TPSA) is 63.2 Å². The van der Waals surface area contributed by atoms with Crippen LogP contribution in [0.15, 0.2) is 6.20 Å². The van der Waals surface area contributed by atoms with Gasteiger partial charge in [0, 0.05) is 11.8 Å². The number of nitrogens with zero attached hydrogens (tertiary/aromatic N) is 4. The minimum atomic E-state index is -1.88. The standard InChI is InChI=1S/C17H23ClN4OSi/c1-17(2,3)24(4,5)23-10-13-15(18)21-22-14-7-6-11(8-19)12(14)9-20-16(13)22/h9,11H,6-7,10H2,1-5H3. The van der Waals surface area contributed by atoms with Crippen molar-refractivity contribution in [2.75, 3.05) is 0 Å². The van der Waals surface area contributed by atoms with E-state index in [4.69, 9.17) is 16.0 Å². The van der Waals surface area contributed by atoms with Gasteiger partial charge in [-0.3, -0.25) is 0 Å². The van der Waals surface area contributed by atoms with Crippen molar-refractivity contribution < 1.29 is 4.43 Å². The Morgan fingerprint density at radius 1 is 1.46 bits per heavy atom. The third kappa shape index (κ3) is 2.75. The molecule has 0 N–H and O–H groups in total. The molecular formula is C17H23ClN4OSi. The lowest BCUT2D eigenvalue weighted by molar-refractivity contribution is 0.277. The number of hydrogen-bond acceptors (Lipinski definition) is 4. The van der Waals surface area contributed by atoms with Crippen molar-refractivity contribution >= 4 is 25.6 Å². The summed E-state index contributed by atoms with van der Waals surface area (Å²) in [5.74, 6) is -0.0909. The summed E-state index contributed by atoms with van der Waals surface area (Å²) in [6.07, 6.45) is 3.45. The predicted molar refractivity (Wildman–Crippen MR) is 96.7 cm³/mol. The summed E-state index contributed by atoms with van der Waals surface area (Å²) >= 11 is 6.38. The van der Waals surface area contributed by atoms with Crippen LogP contribution in [0.25, 0.3) is 5.65 Å². The van der Waals surface area contributed by atoms with Crippen LogP contribution in [0.1, 0.15) is 49.9 Å². The average molecular weight is 363 g/mol. The molecule has 0 saturated carbocycles. The van der Waals surface area contributed by atoms with Crippen LogP contribution in [-0.4, -0.2) is 22.9 Å². The molecule has 2 aromatic heterocycles. The number of aromatic nitrogens is 3. The Bertz CT molecular complexity index is 832. The van der Waals surface area contributed by atoms with E-state index < -0.39 is 8.32 Å². The predicted octanol–water partition coefficient (Wildman–Crippen LogP) is 4.46. The first kappa shape index (κ1) is 17.4. The zero-order valence-electron chi connectivity index (χ0n) is 14.9. The zero-order valence-corrected chi connectivity index (χ0v) is 16.6. The molecule has 1 aliphatic rings. The van der Waals surface area contributed by atoms with E-state index in [-0.39, 0.29) is 11.0 Å². The second-order valence-corrected chi connectivity index (χ2v) is 13.1. The van der Waals surface area contributed by atoms with Gasteiger partial charge in [-0.15, -0.1) is 0 Å². The lowest BCUT2D eigenvalue weighted by atomic mass is 10.1. The molecule has 1 atom stereocenters. The second kappa shape index (κ2) is 5.83. The van der Waals surface area contributed by atoms with Gasteiger partial charge in [0.2, 0.25) is 0 Å². The van der Waals surface area contributed by atoms with E-state index >= 15 is 0 Å². The molecule has 2 heterocycles. The number of aryl methyl sites for hydroxylation is 1. The fourth-order valence-corrected chi connectivity index (χ4v) is 3.92. The molecule has 0 fully saturated rings. The highest BCUT2D eigenvalue weighted by Gasteiger charge is 2.37. The molecule has 128 valence electrons. The number of hydrogen-bond donors (Lipinski definition) is 0. The van der Waals surface area contributed by atoms with Gasteiger partial charge in [-0.25, -0.2) is 9.50 Å². The molecule has 2 aromatic rings. The minimum Gasteiger partial charge on any atom is -0.412 e. The van der Waals surface area contributed by atoms with Crippen molar-refractivity contribution in [2.24, 2.45) is 0 Å². The maximum atomic E-state index is 9.25. The summed E-state index contributed by atoms with van der Waals surface area (Å²) in [4.78, 5) is 4.53. The highest BCUT2D eigenvalue weighted by atomic mass is 35.5. The van der Waals surface area contributed by atoms with Gasteiger partial charge in [-0.1, -0.05) is 32.4 Å². The van der Waals surface area contributed by atoms with E-state index in [0.717, 1.165) is 35.3 Å². The lowest BCUT2D eigenvalue weighted by Crippen LogP contribution is -2.40. The molecule has 0 radical (unpaired) electrons. The Labute approximate surface area is 148 Å². The van der Waals surface area contributed by atoms with Crippen LogP contribution in [0.5, 0.6) is 0 Å². The molecule has 5 nitrogen and oxygen atoms in total. The van der Waals surface area contributed by atoms with Gasteiger partial charge in [-0.2, -0.15) is 10.4 Å². The van der Waals surface area contributed by atoms with Crippen molar-refractivity contribution in [3.8, 4) is 6.07 Å². The smallest absolute Gasteiger partial charge is 0.192 e. The van der Waals surface area contributed by atoms with E-state index in [1.807, 2.05) is 0 Å². The summed E-state index contributed by atoms with van der Waals surface area (Å²) in [5, 5.41) is 14.3. The normalized spacial score (nSPS) is 18.0. The Kier molecular flexibility index (Phi) is 4.23. The monoisotopic (exact) mass is 362 g/mol. The van der Waals surface area contributed by atoms with Gasteiger partial charge in [0.15, 0.2) is 19.1 Å². The SMILES string of the molecule is CC(C)(C)[Si](C)(C)OCc1c(Cl)nn2c3c(cnc12)C(C#N)CC3. The molecule has 7 heteroatoms. The van der Waals surface area contributed by atoms with Crippen molar-refractivity contribution in [3.63, 3.8) is 0 Å². The van der Waals surface area contributed by atoms with Crippen LogP contribution in [0.4, 0.5) is 0 Å². The molecule has 3 rings (SSSR count). The first-order chi connectivity index (χ1) is 11.2. The summed E-state index contributed by atoms with van der Waals surface area (Å²) < 4.78 is 8.10. The van der Waals surface area contributed by atoms with Crippen LogP contribution in [-0.2, 0) is 17.5 Å². The Morgan fingerprint density at radius 3 is 2.79 bits per heavy atom. The molecular weight excluding hydrogens is 340 g/mol. The largest absolute Gasteiger partial charge is 0.412 e. The van der Waals surface area contributed by atoms with Crippen LogP contribution in [0, 0.1) is 11.3 Å².